The van der Waals surface area contributed by atoms with Gasteiger partial charge in [-0.05, 0) is 70.7 Å². The highest BCUT2D eigenvalue weighted by atomic mass is 16.7. The molecule has 1 aromatic carbocycles. The number of carboxylic acids is 1. The number of amides is 1. The summed E-state index contributed by atoms with van der Waals surface area (Å²) < 4.78 is 22.1. The van der Waals surface area contributed by atoms with Gasteiger partial charge in [0.25, 0.3) is 0 Å². The molecule has 0 aromatic heterocycles. The van der Waals surface area contributed by atoms with Crippen LogP contribution in [0.1, 0.15) is 52.0 Å². The second-order valence-corrected chi connectivity index (χ2v) is 9.00. The average Bonchev–Trinajstić information content (AvgIpc) is 2.75. The molecule has 1 fully saturated rings. The van der Waals surface area contributed by atoms with Crippen molar-refractivity contribution >= 4 is 12.1 Å². The van der Waals surface area contributed by atoms with E-state index in [1.165, 1.54) is 6.42 Å². The molecule has 9 heteroatoms. The first-order valence-corrected chi connectivity index (χ1v) is 11.6. The van der Waals surface area contributed by atoms with Crippen LogP contribution in [0, 0.1) is 0 Å². The maximum Gasteiger partial charge on any atom is 0.408 e. The van der Waals surface area contributed by atoms with Crippen LogP contribution in [0.2, 0.25) is 0 Å². The highest BCUT2D eigenvalue weighted by Gasteiger charge is 2.24. The van der Waals surface area contributed by atoms with Crippen molar-refractivity contribution in [2.75, 3.05) is 32.9 Å². The van der Waals surface area contributed by atoms with Crippen molar-refractivity contribution in [2.45, 2.75) is 70.8 Å². The number of hydrogen-bond acceptors (Lipinski definition) is 7. The quantitative estimate of drug-likeness (QED) is 0.380. The highest BCUT2D eigenvalue weighted by molar-refractivity contribution is 5.80. The molecule has 0 spiro atoms. The minimum absolute atomic E-state index is 0.0380. The number of aliphatic carboxylic acids is 1. The Morgan fingerprint density at radius 1 is 1.15 bits per heavy atom. The molecule has 0 aliphatic carbocycles. The molecule has 186 valence electrons. The molecule has 1 aliphatic rings. The second-order valence-electron chi connectivity index (χ2n) is 9.00. The Kier molecular flexibility index (Phi) is 11.4. The number of ether oxygens (including phenoxy) is 4. The van der Waals surface area contributed by atoms with Crippen LogP contribution in [0.15, 0.2) is 24.3 Å². The summed E-state index contributed by atoms with van der Waals surface area (Å²) in [6.45, 7) is 8.71. The van der Waals surface area contributed by atoms with E-state index < -0.39 is 23.7 Å². The molecule has 33 heavy (non-hydrogen) atoms. The van der Waals surface area contributed by atoms with Crippen molar-refractivity contribution in [3.05, 3.63) is 29.8 Å². The van der Waals surface area contributed by atoms with Gasteiger partial charge in [-0.1, -0.05) is 12.1 Å². The van der Waals surface area contributed by atoms with Crippen LogP contribution in [-0.2, 0) is 25.4 Å². The Hall–Kier alpha value is -2.36. The molecular weight excluding hydrogens is 428 g/mol. The van der Waals surface area contributed by atoms with E-state index in [0.29, 0.717) is 25.5 Å². The van der Waals surface area contributed by atoms with Crippen molar-refractivity contribution in [3.8, 4) is 5.75 Å². The summed E-state index contributed by atoms with van der Waals surface area (Å²) in [5, 5.41) is 15.1. The minimum Gasteiger partial charge on any atom is -0.492 e. The Balaban J connectivity index is 1.61. The Morgan fingerprint density at radius 3 is 2.55 bits per heavy atom. The third kappa shape index (κ3) is 11.9. The third-order valence-electron chi connectivity index (χ3n) is 4.84. The first-order chi connectivity index (χ1) is 15.7. The molecule has 1 heterocycles. The van der Waals surface area contributed by atoms with Gasteiger partial charge < -0.3 is 34.7 Å². The van der Waals surface area contributed by atoms with E-state index in [-0.39, 0.29) is 12.7 Å². The summed E-state index contributed by atoms with van der Waals surface area (Å²) in [5.74, 6) is -0.422. The predicted molar refractivity (Wildman–Crippen MR) is 123 cm³/mol. The number of hydrogen-bond donors (Lipinski definition) is 3. The fourth-order valence-electron chi connectivity index (χ4n) is 3.23. The van der Waals surface area contributed by atoms with E-state index >= 15 is 0 Å². The van der Waals surface area contributed by atoms with Crippen LogP contribution in [0.5, 0.6) is 5.75 Å². The fraction of sp³-hybridized carbons (Fsp3) is 0.667. The standard InChI is InChI=1S/C24H38N2O7/c1-24(2,3)33-23(29)26-20(22(27)28)17-18-8-10-19(11-9-18)30-16-13-25-12-6-15-32-21-7-4-5-14-31-21/h8-11,20-21,25H,4-7,12-17H2,1-3H3,(H,26,29)(H,27,28)/t20-,21?/m0/s1. The van der Waals surface area contributed by atoms with Crippen molar-refractivity contribution in [1.29, 1.82) is 0 Å². The molecule has 0 radical (unpaired) electrons. The van der Waals surface area contributed by atoms with Gasteiger partial charge in [-0.3, -0.25) is 0 Å². The van der Waals surface area contributed by atoms with Crippen LogP contribution >= 0.6 is 0 Å². The zero-order valence-corrected chi connectivity index (χ0v) is 19.9. The van der Waals surface area contributed by atoms with Crippen molar-refractivity contribution < 1.29 is 33.6 Å². The van der Waals surface area contributed by atoms with Crippen molar-refractivity contribution in [1.82, 2.24) is 10.6 Å². The first kappa shape index (κ1) is 26.9. The molecule has 3 N–H and O–H groups in total. The number of carbonyl (C=O) groups is 2. The Labute approximate surface area is 196 Å². The maximum absolute atomic E-state index is 11.9. The van der Waals surface area contributed by atoms with Crippen LogP contribution in [0.25, 0.3) is 0 Å². The molecule has 2 atom stereocenters. The zero-order valence-electron chi connectivity index (χ0n) is 19.9. The average molecular weight is 467 g/mol. The summed E-state index contributed by atoms with van der Waals surface area (Å²) in [6, 6.07) is 6.09. The second kappa shape index (κ2) is 14.0. The largest absolute Gasteiger partial charge is 0.492 e. The Bertz CT molecular complexity index is 713. The maximum atomic E-state index is 11.9. The number of alkyl carbamates (subject to hydrolysis) is 1. The lowest BCUT2D eigenvalue weighted by Gasteiger charge is -2.22. The lowest BCUT2D eigenvalue weighted by Crippen LogP contribution is -2.44. The van der Waals surface area contributed by atoms with E-state index in [1.54, 1.807) is 45.0 Å². The molecular formula is C24H38N2O7. The highest BCUT2D eigenvalue weighted by Crippen LogP contribution is 2.15. The van der Waals surface area contributed by atoms with Gasteiger partial charge in [0, 0.05) is 19.6 Å². The van der Waals surface area contributed by atoms with Crippen molar-refractivity contribution in [3.63, 3.8) is 0 Å². The third-order valence-corrected chi connectivity index (χ3v) is 4.84. The molecule has 1 aliphatic heterocycles. The normalized spacial score (nSPS) is 17.2. The van der Waals surface area contributed by atoms with Gasteiger partial charge in [-0.25, -0.2) is 9.59 Å². The lowest BCUT2D eigenvalue weighted by atomic mass is 10.1. The van der Waals surface area contributed by atoms with Gasteiger partial charge in [-0.15, -0.1) is 0 Å². The summed E-state index contributed by atoms with van der Waals surface area (Å²) >= 11 is 0. The van der Waals surface area contributed by atoms with Gasteiger partial charge in [-0.2, -0.15) is 0 Å². The number of carboxylic acid groups (broad SMARTS) is 1. The number of benzene rings is 1. The molecule has 1 aromatic rings. The molecule has 1 unspecified atom stereocenters. The molecule has 1 amide bonds. The number of carbonyl (C=O) groups excluding carboxylic acids is 1. The van der Waals surface area contributed by atoms with E-state index in [4.69, 9.17) is 18.9 Å². The van der Waals surface area contributed by atoms with Crippen molar-refractivity contribution in [2.24, 2.45) is 0 Å². The first-order valence-electron chi connectivity index (χ1n) is 11.6. The van der Waals surface area contributed by atoms with Gasteiger partial charge in [0.05, 0.1) is 6.61 Å². The van der Waals surface area contributed by atoms with E-state index in [2.05, 4.69) is 10.6 Å². The van der Waals surface area contributed by atoms with Gasteiger partial charge in [0.1, 0.15) is 24.0 Å². The monoisotopic (exact) mass is 466 g/mol. The molecule has 0 saturated carbocycles. The fourth-order valence-corrected chi connectivity index (χ4v) is 3.23. The predicted octanol–water partition coefficient (Wildman–Crippen LogP) is 3.11. The number of rotatable bonds is 13. The van der Waals surface area contributed by atoms with E-state index in [1.807, 2.05) is 0 Å². The Morgan fingerprint density at radius 2 is 1.91 bits per heavy atom. The SMILES string of the molecule is CC(C)(C)OC(=O)N[C@@H](Cc1ccc(OCCNCCCOC2CCCCO2)cc1)C(=O)O. The van der Waals surface area contributed by atoms with Crippen LogP contribution in [0.4, 0.5) is 4.79 Å². The molecule has 9 nitrogen and oxygen atoms in total. The summed E-state index contributed by atoms with van der Waals surface area (Å²) in [5.41, 5.74) is 0.0736. The smallest absolute Gasteiger partial charge is 0.408 e. The zero-order chi connectivity index (χ0) is 24.1. The van der Waals surface area contributed by atoms with Gasteiger partial charge >= 0.3 is 12.1 Å². The number of nitrogens with one attached hydrogen (secondary N) is 2. The molecule has 0 bridgehead atoms. The van der Waals surface area contributed by atoms with Gasteiger partial charge in [0.15, 0.2) is 6.29 Å². The summed E-state index contributed by atoms with van der Waals surface area (Å²) in [4.78, 5) is 23.4. The molecule has 2 rings (SSSR count). The summed E-state index contributed by atoms with van der Waals surface area (Å²) in [7, 11) is 0. The molecule has 1 saturated heterocycles. The summed E-state index contributed by atoms with van der Waals surface area (Å²) in [6.07, 6.45) is 3.54. The van der Waals surface area contributed by atoms with Crippen LogP contribution < -0.4 is 15.4 Å². The minimum atomic E-state index is -1.12. The lowest BCUT2D eigenvalue weighted by molar-refractivity contribution is -0.162. The van der Waals surface area contributed by atoms with Crippen LogP contribution in [0.3, 0.4) is 0 Å². The topological polar surface area (TPSA) is 115 Å². The van der Waals surface area contributed by atoms with Gasteiger partial charge in [0.2, 0.25) is 0 Å². The van der Waals surface area contributed by atoms with E-state index in [9.17, 15) is 14.7 Å². The van der Waals surface area contributed by atoms with E-state index in [0.717, 1.165) is 38.0 Å². The van der Waals surface area contributed by atoms with Crippen LogP contribution in [-0.4, -0.2) is 68.0 Å².